The molecule has 3 aliphatic rings. The predicted molar refractivity (Wildman–Crippen MR) is 112 cm³/mol. The summed E-state index contributed by atoms with van der Waals surface area (Å²) in [5.41, 5.74) is 2.51. The van der Waals surface area contributed by atoms with Crippen molar-refractivity contribution in [2.24, 2.45) is 0 Å². The minimum atomic E-state index is -1.36. The van der Waals surface area contributed by atoms with Gasteiger partial charge in [0.1, 0.15) is 0 Å². The summed E-state index contributed by atoms with van der Waals surface area (Å²) in [6.45, 7) is 2.48. The zero-order valence-electron chi connectivity index (χ0n) is 14.1. The van der Waals surface area contributed by atoms with Gasteiger partial charge in [-0.3, -0.25) is 0 Å². The van der Waals surface area contributed by atoms with Gasteiger partial charge in [-0.15, -0.1) is 0 Å². The summed E-state index contributed by atoms with van der Waals surface area (Å²) in [6.07, 6.45) is 16.2. The number of anilines is 2. The third-order valence-corrected chi connectivity index (χ3v) is 9.47. The molecule has 1 nitrogen and oxygen atoms in total. The number of nitrogens with one attached hydrogen (secondary N) is 1. The van der Waals surface area contributed by atoms with E-state index in [1.165, 1.54) is 26.0 Å². The van der Waals surface area contributed by atoms with E-state index in [9.17, 15) is 0 Å². The first-order chi connectivity index (χ1) is 12.4. The summed E-state index contributed by atoms with van der Waals surface area (Å²) in [5.74, 6) is 0. The normalized spacial score (nSPS) is 20.9. The second kappa shape index (κ2) is 5.92. The van der Waals surface area contributed by atoms with Crippen LogP contribution in [0.5, 0.6) is 0 Å². The second-order valence-electron chi connectivity index (χ2n) is 6.60. The third kappa shape index (κ3) is 2.15. The van der Waals surface area contributed by atoms with E-state index >= 15 is 0 Å². The van der Waals surface area contributed by atoms with E-state index in [0.717, 1.165) is 12.7 Å². The molecule has 3 heteroatoms. The molecule has 0 atom stereocenters. The number of para-hydroxylation sites is 2. The predicted octanol–water partition coefficient (Wildman–Crippen LogP) is 5.67. The van der Waals surface area contributed by atoms with Crippen molar-refractivity contribution in [2.45, 2.75) is 27.8 Å². The minimum absolute atomic E-state index is 0.408. The molecule has 122 valence electrons. The number of benzene rings is 2. The number of hydrogen-bond acceptors (Lipinski definition) is 1. The van der Waals surface area contributed by atoms with Crippen LogP contribution in [-0.4, -0.2) is 17.0 Å². The molecule has 1 aliphatic carbocycles. The van der Waals surface area contributed by atoms with Gasteiger partial charge < -0.3 is 0 Å². The van der Waals surface area contributed by atoms with E-state index in [1.807, 2.05) is 0 Å². The van der Waals surface area contributed by atoms with Gasteiger partial charge in [-0.05, 0) is 0 Å². The summed E-state index contributed by atoms with van der Waals surface area (Å²) in [6, 6.07) is 17.8. The van der Waals surface area contributed by atoms with Gasteiger partial charge in [0, 0.05) is 0 Å². The molecule has 5 rings (SSSR count). The van der Waals surface area contributed by atoms with Crippen LogP contribution in [0.3, 0.4) is 0 Å². The van der Waals surface area contributed by atoms with Crippen molar-refractivity contribution in [2.75, 3.05) is 5.32 Å². The van der Waals surface area contributed by atoms with Crippen LogP contribution in [0.25, 0.3) is 0 Å². The van der Waals surface area contributed by atoms with Gasteiger partial charge in [0.2, 0.25) is 0 Å². The molecule has 0 spiro atoms. The van der Waals surface area contributed by atoms with Crippen LogP contribution in [-0.2, 0) is 0 Å². The van der Waals surface area contributed by atoms with E-state index in [-0.39, 0.29) is 0 Å². The Hall–Kier alpha value is -2.26. The molecule has 0 fully saturated rings. The molecule has 2 heterocycles. The molecule has 25 heavy (non-hydrogen) atoms. The standard InChI is InChI=1S/C22H20BNS/c1-2-10-17(9-1)25(22-15-7-8-16-23-22)20-13-5-3-11-18(20)24-19-12-4-6-14-21(19)25/h1-7,9-15,17,24H,8,16H2. The van der Waals surface area contributed by atoms with Gasteiger partial charge in [-0.2, -0.15) is 0 Å². The van der Waals surface area contributed by atoms with Crippen LogP contribution >= 0.6 is 10.0 Å². The summed E-state index contributed by atoms with van der Waals surface area (Å²) >= 11 is 0. The fraction of sp³-hybridized carbons (Fsp3) is 0.136. The van der Waals surface area contributed by atoms with Crippen LogP contribution in [0, 0.1) is 0 Å². The Morgan fingerprint density at radius 2 is 1.52 bits per heavy atom. The first-order valence-corrected chi connectivity index (χ1v) is 10.6. The first kappa shape index (κ1) is 15.0. The molecule has 0 bridgehead atoms. The Labute approximate surface area is 151 Å². The van der Waals surface area contributed by atoms with E-state index in [0.29, 0.717) is 5.25 Å². The van der Waals surface area contributed by atoms with Crippen LogP contribution in [0.4, 0.5) is 11.4 Å². The summed E-state index contributed by atoms with van der Waals surface area (Å²) in [7, 11) is -1.36. The molecule has 0 amide bonds. The van der Waals surface area contributed by atoms with Crippen LogP contribution in [0.15, 0.2) is 94.8 Å². The van der Waals surface area contributed by atoms with Gasteiger partial charge in [0.25, 0.3) is 0 Å². The average Bonchev–Trinajstić information content (AvgIpc) is 3.22. The van der Waals surface area contributed by atoms with Crippen molar-refractivity contribution >= 4 is 33.1 Å². The maximum atomic E-state index is 3.68. The van der Waals surface area contributed by atoms with E-state index < -0.39 is 10.0 Å². The SMILES string of the molecule is B1=C(S2(C3C=CC=C3)c3ccccc3Nc3ccccc32)C=CCC1. The first-order valence-electron chi connectivity index (χ1n) is 8.90. The molecule has 0 unspecified atom stereocenters. The molecular formula is C22H20BNS. The van der Waals surface area contributed by atoms with Crippen molar-refractivity contribution in [1.29, 1.82) is 0 Å². The van der Waals surface area contributed by atoms with Gasteiger partial charge in [0.05, 0.1) is 0 Å². The molecule has 1 N–H and O–H groups in total. The zero-order valence-corrected chi connectivity index (χ0v) is 14.9. The van der Waals surface area contributed by atoms with E-state index in [1.54, 1.807) is 0 Å². The monoisotopic (exact) mass is 341 g/mol. The van der Waals surface area contributed by atoms with Crippen molar-refractivity contribution in [3.8, 4) is 0 Å². The zero-order chi connectivity index (χ0) is 16.7. The Balaban J connectivity index is 1.89. The molecule has 2 aliphatic heterocycles. The Bertz CT molecular complexity index is 897. The third-order valence-electron chi connectivity index (χ3n) is 5.19. The number of allylic oxidation sites excluding steroid dienone is 3. The summed E-state index contributed by atoms with van der Waals surface area (Å²) in [5, 5.41) is 4.09. The molecule has 2 aromatic carbocycles. The fourth-order valence-corrected chi connectivity index (χ4v) is 8.65. The van der Waals surface area contributed by atoms with Crippen molar-refractivity contribution in [3.05, 3.63) is 85.0 Å². The van der Waals surface area contributed by atoms with Crippen LogP contribution in [0.1, 0.15) is 6.42 Å². The summed E-state index contributed by atoms with van der Waals surface area (Å²) in [4.78, 5) is 4.40. The molecule has 2 aromatic rings. The maximum absolute atomic E-state index is 3.68. The topological polar surface area (TPSA) is 12.0 Å². The average molecular weight is 341 g/mol. The Kier molecular flexibility index (Phi) is 3.56. The molecule has 0 radical (unpaired) electrons. The second-order valence-corrected chi connectivity index (χ2v) is 9.81. The molecule has 0 saturated heterocycles. The van der Waals surface area contributed by atoms with Gasteiger partial charge in [-0.25, -0.2) is 0 Å². The van der Waals surface area contributed by atoms with Crippen LogP contribution < -0.4 is 5.32 Å². The Morgan fingerprint density at radius 1 is 0.880 bits per heavy atom. The number of rotatable bonds is 2. The van der Waals surface area contributed by atoms with Crippen molar-refractivity contribution in [3.63, 3.8) is 0 Å². The number of hydrogen-bond donors (Lipinski definition) is 1. The van der Waals surface area contributed by atoms with E-state index in [4.69, 9.17) is 0 Å². The Morgan fingerprint density at radius 3 is 2.12 bits per heavy atom. The summed E-state index contributed by atoms with van der Waals surface area (Å²) < 4.78 is 0. The van der Waals surface area contributed by atoms with Crippen molar-refractivity contribution < 1.29 is 0 Å². The number of fused-ring (bicyclic) bond motifs is 2. The molecule has 0 aromatic heterocycles. The van der Waals surface area contributed by atoms with Crippen LogP contribution in [0.2, 0.25) is 6.32 Å². The molecule has 0 saturated carbocycles. The fourth-order valence-electron chi connectivity index (χ4n) is 4.14. The quantitative estimate of drug-likeness (QED) is 0.694. The molecular weight excluding hydrogens is 321 g/mol. The van der Waals surface area contributed by atoms with Crippen molar-refractivity contribution in [1.82, 2.24) is 0 Å². The van der Waals surface area contributed by atoms with Gasteiger partial charge >= 0.3 is 151 Å². The van der Waals surface area contributed by atoms with E-state index in [2.05, 4.69) is 97.2 Å². The van der Waals surface area contributed by atoms with Gasteiger partial charge in [0.15, 0.2) is 0 Å². The van der Waals surface area contributed by atoms with Gasteiger partial charge in [-0.1, -0.05) is 0 Å².